The number of aryl methyl sites for hydroxylation is 1. The lowest BCUT2D eigenvalue weighted by atomic mass is 9.99. The second kappa shape index (κ2) is 12.4. The molecule has 1 amide bonds. The molecule has 1 aliphatic heterocycles. The molecule has 0 aromatic heterocycles. The van der Waals surface area contributed by atoms with E-state index in [4.69, 9.17) is 9.47 Å². The number of carbonyl (C=O) groups excluding carboxylic acids is 1. The Morgan fingerprint density at radius 3 is 2.33 bits per heavy atom. The van der Waals surface area contributed by atoms with Crippen LogP contribution in [0.2, 0.25) is 0 Å². The maximum atomic E-state index is 13.7. The SMILES string of the molecule is COc1ccc(N(CC(=O)NCc2ccc(N3CCCC(C)C3)cc2)S(=O)(=O)c2ccc(C)cc2)cc1OC. The number of anilines is 2. The summed E-state index contributed by atoms with van der Waals surface area (Å²) in [6, 6.07) is 19.5. The van der Waals surface area contributed by atoms with Crippen molar-refractivity contribution in [3.05, 3.63) is 77.9 Å². The predicted molar refractivity (Wildman–Crippen MR) is 154 cm³/mol. The molecule has 4 rings (SSSR count). The fraction of sp³-hybridized carbons (Fsp3) is 0.367. The molecule has 1 N–H and O–H groups in total. The summed E-state index contributed by atoms with van der Waals surface area (Å²) in [4.78, 5) is 15.6. The van der Waals surface area contributed by atoms with Crippen LogP contribution >= 0.6 is 0 Å². The van der Waals surface area contributed by atoms with Crippen LogP contribution < -0.4 is 24.0 Å². The van der Waals surface area contributed by atoms with Crippen molar-refractivity contribution in [2.75, 3.05) is 43.1 Å². The van der Waals surface area contributed by atoms with Crippen molar-refractivity contribution in [3.8, 4) is 11.5 Å². The summed E-state index contributed by atoms with van der Waals surface area (Å²) in [5.74, 6) is 1.08. The molecule has 3 aromatic rings. The van der Waals surface area contributed by atoms with Gasteiger partial charge in [0.05, 0.1) is 24.8 Å². The summed E-state index contributed by atoms with van der Waals surface area (Å²) < 4.78 is 39.1. The monoisotopic (exact) mass is 551 g/mol. The lowest BCUT2D eigenvalue weighted by molar-refractivity contribution is -0.119. The minimum absolute atomic E-state index is 0.0957. The minimum Gasteiger partial charge on any atom is -0.493 e. The van der Waals surface area contributed by atoms with E-state index in [9.17, 15) is 13.2 Å². The summed E-state index contributed by atoms with van der Waals surface area (Å²) >= 11 is 0. The van der Waals surface area contributed by atoms with E-state index in [0.717, 1.165) is 28.5 Å². The lowest BCUT2D eigenvalue weighted by Gasteiger charge is -2.32. The molecule has 1 aliphatic rings. The predicted octanol–water partition coefficient (Wildman–Crippen LogP) is 4.76. The van der Waals surface area contributed by atoms with Gasteiger partial charge in [-0.25, -0.2) is 8.42 Å². The number of ether oxygens (including phenoxy) is 2. The Kier molecular flexibility index (Phi) is 9.01. The Labute approximate surface area is 231 Å². The first-order chi connectivity index (χ1) is 18.7. The zero-order chi connectivity index (χ0) is 28.0. The molecule has 0 aliphatic carbocycles. The average molecular weight is 552 g/mol. The van der Waals surface area contributed by atoms with Gasteiger partial charge in [-0.15, -0.1) is 0 Å². The van der Waals surface area contributed by atoms with Gasteiger partial charge in [0.2, 0.25) is 5.91 Å². The van der Waals surface area contributed by atoms with Crippen molar-refractivity contribution in [1.29, 1.82) is 0 Å². The van der Waals surface area contributed by atoms with Gasteiger partial charge < -0.3 is 19.7 Å². The van der Waals surface area contributed by atoms with Crippen molar-refractivity contribution < 1.29 is 22.7 Å². The Bertz CT molecular complexity index is 1370. The highest BCUT2D eigenvalue weighted by molar-refractivity contribution is 7.92. The van der Waals surface area contributed by atoms with Crippen molar-refractivity contribution >= 4 is 27.3 Å². The molecule has 0 spiro atoms. The first-order valence-corrected chi connectivity index (χ1v) is 14.6. The number of carbonyl (C=O) groups is 1. The summed E-state index contributed by atoms with van der Waals surface area (Å²) in [6.07, 6.45) is 2.46. The number of nitrogens with one attached hydrogen (secondary N) is 1. The van der Waals surface area contributed by atoms with E-state index >= 15 is 0 Å². The van der Waals surface area contributed by atoms with E-state index in [1.165, 1.54) is 32.7 Å². The Morgan fingerprint density at radius 2 is 1.69 bits per heavy atom. The number of nitrogens with zero attached hydrogens (tertiary/aromatic N) is 2. The van der Waals surface area contributed by atoms with Crippen molar-refractivity contribution in [1.82, 2.24) is 5.32 Å². The summed E-state index contributed by atoms with van der Waals surface area (Å²) in [7, 11) is -1.06. The highest BCUT2D eigenvalue weighted by Gasteiger charge is 2.28. The van der Waals surface area contributed by atoms with Crippen LogP contribution in [0.3, 0.4) is 0 Å². The van der Waals surface area contributed by atoms with Gasteiger partial charge in [-0.2, -0.15) is 0 Å². The summed E-state index contributed by atoms with van der Waals surface area (Å²) in [6.45, 7) is 6.17. The first-order valence-electron chi connectivity index (χ1n) is 13.1. The van der Waals surface area contributed by atoms with E-state index in [-0.39, 0.29) is 4.90 Å². The molecule has 9 heteroatoms. The molecular formula is C30H37N3O5S. The molecule has 1 heterocycles. The molecule has 0 saturated carbocycles. The van der Waals surface area contributed by atoms with Gasteiger partial charge in [0.15, 0.2) is 11.5 Å². The molecule has 1 atom stereocenters. The second-order valence-corrected chi connectivity index (χ2v) is 11.9. The fourth-order valence-electron chi connectivity index (χ4n) is 4.77. The third-order valence-corrected chi connectivity index (χ3v) is 8.79. The van der Waals surface area contributed by atoms with Crippen LogP contribution in [0.4, 0.5) is 11.4 Å². The van der Waals surface area contributed by atoms with Crippen LogP contribution in [0.25, 0.3) is 0 Å². The quantitative estimate of drug-likeness (QED) is 0.391. The van der Waals surface area contributed by atoms with E-state index < -0.39 is 22.5 Å². The maximum Gasteiger partial charge on any atom is 0.264 e. The molecule has 208 valence electrons. The summed E-state index contributed by atoms with van der Waals surface area (Å²) in [5, 5.41) is 2.87. The molecule has 3 aromatic carbocycles. The molecule has 1 saturated heterocycles. The van der Waals surface area contributed by atoms with E-state index in [0.29, 0.717) is 29.6 Å². The zero-order valence-electron chi connectivity index (χ0n) is 23.0. The molecular weight excluding hydrogens is 514 g/mol. The number of benzene rings is 3. The molecule has 0 bridgehead atoms. The third-order valence-electron chi connectivity index (χ3n) is 7.00. The molecule has 0 radical (unpaired) electrons. The van der Waals surface area contributed by atoms with Gasteiger partial charge in [-0.05, 0) is 67.6 Å². The van der Waals surface area contributed by atoms with E-state index in [1.807, 2.05) is 19.1 Å². The van der Waals surface area contributed by atoms with E-state index in [2.05, 4.69) is 29.3 Å². The first kappa shape index (κ1) is 28.3. The van der Waals surface area contributed by atoms with Crippen LogP contribution in [-0.2, 0) is 21.4 Å². The van der Waals surface area contributed by atoms with Gasteiger partial charge >= 0.3 is 0 Å². The Hall–Kier alpha value is -3.72. The van der Waals surface area contributed by atoms with Crippen LogP contribution in [0.15, 0.2) is 71.6 Å². The van der Waals surface area contributed by atoms with Crippen LogP contribution in [-0.4, -0.2) is 48.2 Å². The molecule has 8 nitrogen and oxygen atoms in total. The Morgan fingerprint density at radius 1 is 1.00 bits per heavy atom. The number of methoxy groups -OCH3 is 2. The molecule has 1 fully saturated rings. The lowest BCUT2D eigenvalue weighted by Crippen LogP contribution is -2.40. The smallest absolute Gasteiger partial charge is 0.264 e. The van der Waals surface area contributed by atoms with Gasteiger partial charge in [-0.3, -0.25) is 9.10 Å². The number of hydrogen-bond donors (Lipinski definition) is 1. The van der Waals surface area contributed by atoms with Crippen molar-refractivity contribution in [2.45, 2.75) is 38.1 Å². The number of hydrogen-bond acceptors (Lipinski definition) is 6. The van der Waals surface area contributed by atoms with Gasteiger partial charge in [0, 0.05) is 31.4 Å². The van der Waals surface area contributed by atoms with Crippen molar-refractivity contribution in [2.24, 2.45) is 5.92 Å². The maximum absolute atomic E-state index is 13.7. The number of rotatable bonds is 10. The number of sulfonamides is 1. The number of amides is 1. The minimum atomic E-state index is -4.05. The highest BCUT2D eigenvalue weighted by Crippen LogP contribution is 2.34. The number of piperidine rings is 1. The average Bonchev–Trinajstić information content (AvgIpc) is 2.95. The van der Waals surface area contributed by atoms with E-state index in [1.54, 1.807) is 42.5 Å². The fourth-order valence-corrected chi connectivity index (χ4v) is 6.18. The standard InChI is InChI=1S/C30H37N3O5S/c1-22-7-14-27(15-8-22)39(35,36)33(26-13-16-28(37-3)29(18-26)38-4)21-30(34)31-19-24-9-11-25(12-10-24)32-17-5-6-23(2)20-32/h7-16,18,23H,5-6,17,19-21H2,1-4H3,(H,31,34). The summed E-state index contributed by atoms with van der Waals surface area (Å²) in [5.41, 5.74) is 3.35. The van der Waals surface area contributed by atoms with Crippen LogP contribution in [0.1, 0.15) is 30.9 Å². The topological polar surface area (TPSA) is 88.2 Å². The van der Waals surface area contributed by atoms with Gasteiger partial charge in [0.25, 0.3) is 10.0 Å². The van der Waals surface area contributed by atoms with Crippen molar-refractivity contribution in [3.63, 3.8) is 0 Å². The molecule has 39 heavy (non-hydrogen) atoms. The largest absolute Gasteiger partial charge is 0.493 e. The zero-order valence-corrected chi connectivity index (χ0v) is 23.8. The molecule has 1 unspecified atom stereocenters. The third kappa shape index (κ3) is 6.84. The highest BCUT2D eigenvalue weighted by atomic mass is 32.2. The Balaban J connectivity index is 1.51. The second-order valence-electron chi connectivity index (χ2n) is 10.0. The normalized spacial score (nSPS) is 15.5. The van der Waals surface area contributed by atoms with Crippen LogP contribution in [0, 0.1) is 12.8 Å². The van der Waals surface area contributed by atoms with Gasteiger partial charge in [0.1, 0.15) is 6.54 Å². The van der Waals surface area contributed by atoms with Crippen LogP contribution in [0.5, 0.6) is 11.5 Å². The van der Waals surface area contributed by atoms with Gasteiger partial charge in [-0.1, -0.05) is 36.8 Å².